The summed E-state index contributed by atoms with van der Waals surface area (Å²) >= 11 is 0. The molecule has 10 atom stereocenters. The minimum absolute atomic E-state index is 0.0191. The molecule has 4 aliphatic carbocycles. The predicted molar refractivity (Wildman–Crippen MR) is 184 cm³/mol. The standard InChI is InChI=1S/C37H58N4O9/c1-35-15-13-24(50-30(44)10-6-4-3-5-9-29(43)41-27(33(46)47)8-7-17-40-34(38)39)19-23(35)11-12-26-32(35)28(42)20-36(2)25(14-16-37(26,36)48)22-18-31(45)49-21-22/h18,23-28,32,42,48H,3-17,19-21H2,1-2H3,(H,41,43)(H,46,47)(H4,38,39,40)/t23-,24+,25-,26+,27+,28-,32-,35+,36-,37+/m1/s1. The third kappa shape index (κ3) is 7.83. The Balaban J connectivity index is 1.03. The third-order valence-corrected chi connectivity index (χ3v) is 13.3. The van der Waals surface area contributed by atoms with E-state index in [4.69, 9.17) is 20.9 Å². The second-order valence-electron chi connectivity index (χ2n) is 16.2. The van der Waals surface area contributed by atoms with Crippen LogP contribution in [-0.2, 0) is 28.7 Å². The van der Waals surface area contributed by atoms with Crippen LogP contribution in [0.3, 0.4) is 0 Å². The maximum Gasteiger partial charge on any atom is 0.331 e. The lowest BCUT2D eigenvalue weighted by atomic mass is 9.42. The topological polar surface area (TPSA) is 224 Å². The highest BCUT2D eigenvalue weighted by atomic mass is 16.5. The molecule has 1 heterocycles. The van der Waals surface area contributed by atoms with Gasteiger partial charge in [0.05, 0.1) is 11.7 Å². The zero-order valence-electron chi connectivity index (χ0n) is 29.7. The lowest BCUT2D eigenvalue weighted by Crippen LogP contribution is -2.66. The van der Waals surface area contributed by atoms with Crippen LogP contribution in [-0.4, -0.2) is 82.1 Å². The lowest BCUT2D eigenvalue weighted by molar-refractivity contribution is -0.243. The first-order valence-corrected chi connectivity index (χ1v) is 18.7. The van der Waals surface area contributed by atoms with Crippen LogP contribution in [0.15, 0.2) is 16.6 Å². The van der Waals surface area contributed by atoms with E-state index in [1.54, 1.807) is 6.08 Å². The number of amides is 1. The Kier molecular flexibility index (Phi) is 11.9. The number of hydrogen-bond acceptors (Lipinski definition) is 9. The molecule has 8 N–H and O–H groups in total. The highest BCUT2D eigenvalue weighted by molar-refractivity contribution is 5.85. The molecule has 0 bridgehead atoms. The van der Waals surface area contributed by atoms with E-state index < -0.39 is 29.1 Å². The molecular weight excluding hydrogens is 644 g/mol. The molecule has 1 amide bonds. The van der Waals surface area contributed by atoms with Crippen LogP contribution in [0.5, 0.6) is 0 Å². The molecular formula is C37H58N4O9. The Hall–Kier alpha value is -3.19. The molecule has 5 aliphatic rings. The predicted octanol–water partition coefficient (Wildman–Crippen LogP) is 3.09. The summed E-state index contributed by atoms with van der Waals surface area (Å²) in [7, 11) is 0. The molecule has 13 nitrogen and oxygen atoms in total. The number of ether oxygens (including phenoxy) is 2. The summed E-state index contributed by atoms with van der Waals surface area (Å²) in [6.07, 6.45) is 10.9. The Labute approximate surface area is 295 Å². The molecule has 1 aliphatic heterocycles. The monoisotopic (exact) mass is 702 g/mol. The van der Waals surface area contributed by atoms with Gasteiger partial charge in [0, 0.05) is 30.9 Å². The first kappa shape index (κ1) is 38.1. The minimum Gasteiger partial charge on any atom is -0.480 e. The fourth-order valence-corrected chi connectivity index (χ4v) is 10.8. The summed E-state index contributed by atoms with van der Waals surface area (Å²) < 4.78 is 11.2. The van der Waals surface area contributed by atoms with Gasteiger partial charge in [-0.15, -0.1) is 0 Å². The van der Waals surface area contributed by atoms with Crippen molar-refractivity contribution in [2.45, 2.75) is 140 Å². The first-order chi connectivity index (χ1) is 23.7. The van der Waals surface area contributed by atoms with Crippen molar-refractivity contribution < 1.29 is 44.0 Å². The van der Waals surface area contributed by atoms with E-state index in [2.05, 4.69) is 24.2 Å². The van der Waals surface area contributed by atoms with E-state index in [1.807, 2.05) is 0 Å². The van der Waals surface area contributed by atoms with Gasteiger partial charge in [0.15, 0.2) is 5.96 Å². The first-order valence-electron chi connectivity index (χ1n) is 18.7. The number of guanidine groups is 1. The SMILES string of the molecule is C[C@]12CC[C@H](OC(=O)CCCCCCC(=O)N[C@@H](CCCN=C(N)N)C(=O)O)C[C@H]1CC[C@H]1[C@@H]2[C@H](O)C[C@]2(C)[C@@H](C3=CC(=O)OC3)CC[C@]12O. The number of esters is 2. The maximum atomic E-state index is 12.8. The van der Waals surface area contributed by atoms with Crippen molar-refractivity contribution in [3.8, 4) is 0 Å². The number of fused-ring (bicyclic) bond motifs is 5. The lowest BCUT2D eigenvalue weighted by Gasteiger charge is -2.65. The van der Waals surface area contributed by atoms with E-state index in [9.17, 15) is 34.5 Å². The zero-order chi connectivity index (χ0) is 36.3. The summed E-state index contributed by atoms with van der Waals surface area (Å²) in [5.41, 5.74) is 9.92. The van der Waals surface area contributed by atoms with E-state index in [0.717, 1.165) is 56.9 Å². The van der Waals surface area contributed by atoms with Gasteiger partial charge in [-0.1, -0.05) is 26.7 Å². The second kappa shape index (κ2) is 15.6. The van der Waals surface area contributed by atoms with E-state index >= 15 is 0 Å². The van der Waals surface area contributed by atoms with Crippen LogP contribution in [0.4, 0.5) is 0 Å². The van der Waals surface area contributed by atoms with Gasteiger partial charge >= 0.3 is 17.9 Å². The Morgan fingerprint density at radius 2 is 1.80 bits per heavy atom. The number of unbranched alkanes of at least 4 members (excludes halogenated alkanes) is 3. The molecule has 4 fully saturated rings. The van der Waals surface area contributed by atoms with Gasteiger partial charge < -0.3 is 41.6 Å². The van der Waals surface area contributed by atoms with Crippen molar-refractivity contribution in [3.05, 3.63) is 11.6 Å². The van der Waals surface area contributed by atoms with Gasteiger partial charge in [0.1, 0.15) is 18.8 Å². The smallest absolute Gasteiger partial charge is 0.331 e. The molecule has 0 spiro atoms. The second-order valence-corrected chi connectivity index (χ2v) is 16.2. The maximum absolute atomic E-state index is 12.8. The number of aliphatic hydroxyl groups is 2. The molecule has 5 rings (SSSR count). The molecule has 13 heteroatoms. The molecule has 0 radical (unpaired) electrons. The van der Waals surface area contributed by atoms with Crippen LogP contribution in [0.1, 0.15) is 117 Å². The number of carbonyl (C=O) groups is 4. The average Bonchev–Trinajstić information content (AvgIpc) is 3.59. The van der Waals surface area contributed by atoms with Gasteiger partial charge in [0.25, 0.3) is 0 Å². The van der Waals surface area contributed by atoms with E-state index in [1.165, 1.54) is 0 Å². The summed E-state index contributed by atoms with van der Waals surface area (Å²) in [5, 5.41) is 36.2. The number of aliphatic imine (C=N–C) groups is 1. The van der Waals surface area contributed by atoms with Gasteiger partial charge in [-0.25, -0.2) is 9.59 Å². The van der Waals surface area contributed by atoms with Crippen molar-refractivity contribution in [1.29, 1.82) is 0 Å². The molecule has 0 saturated heterocycles. The molecule has 0 aromatic rings. The average molecular weight is 703 g/mol. The van der Waals surface area contributed by atoms with Gasteiger partial charge in [-0.3, -0.25) is 14.6 Å². The highest BCUT2D eigenvalue weighted by Crippen LogP contribution is 2.70. The number of cyclic esters (lactones) is 1. The van der Waals surface area contributed by atoms with Crippen molar-refractivity contribution in [3.63, 3.8) is 0 Å². The van der Waals surface area contributed by atoms with Crippen LogP contribution < -0.4 is 16.8 Å². The van der Waals surface area contributed by atoms with Crippen LogP contribution in [0, 0.1) is 34.5 Å². The van der Waals surface area contributed by atoms with Crippen LogP contribution in [0.25, 0.3) is 0 Å². The molecule has 0 unspecified atom stereocenters. The van der Waals surface area contributed by atoms with Crippen molar-refractivity contribution in [2.24, 2.45) is 51.0 Å². The van der Waals surface area contributed by atoms with Crippen molar-refractivity contribution >= 4 is 29.8 Å². The number of carboxylic acid groups (broad SMARTS) is 1. The number of carbonyl (C=O) groups excluding carboxylic acids is 3. The summed E-state index contributed by atoms with van der Waals surface area (Å²) in [6.45, 7) is 4.95. The quantitative estimate of drug-likeness (QED) is 0.0629. The Morgan fingerprint density at radius 3 is 2.48 bits per heavy atom. The van der Waals surface area contributed by atoms with Gasteiger partial charge in [-0.05, 0) is 112 Å². The Bertz CT molecular complexity index is 1350. The third-order valence-electron chi connectivity index (χ3n) is 13.3. The summed E-state index contributed by atoms with van der Waals surface area (Å²) in [5.74, 6) is -1.74. The largest absolute Gasteiger partial charge is 0.480 e. The van der Waals surface area contributed by atoms with Crippen LogP contribution in [0.2, 0.25) is 0 Å². The number of nitrogens with one attached hydrogen (secondary N) is 1. The normalized spacial score (nSPS) is 36.6. The summed E-state index contributed by atoms with van der Waals surface area (Å²) in [6, 6.07) is -0.988. The molecule has 0 aromatic carbocycles. The van der Waals surface area contributed by atoms with Crippen molar-refractivity contribution in [2.75, 3.05) is 13.2 Å². The van der Waals surface area contributed by atoms with E-state index in [-0.39, 0.29) is 72.5 Å². The molecule has 280 valence electrons. The molecule has 0 aromatic heterocycles. The number of aliphatic hydroxyl groups excluding tert-OH is 1. The number of hydrogen-bond donors (Lipinski definition) is 6. The molecule has 4 saturated carbocycles. The van der Waals surface area contributed by atoms with Gasteiger partial charge in [-0.2, -0.15) is 0 Å². The van der Waals surface area contributed by atoms with Crippen molar-refractivity contribution in [1.82, 2.24) is 5.32 Å². The minimum atomic E-state index is -1.10. The van der Waals surface area contributed by atoms with Gasteiger partial charge in [0.2, 0.25) is 5.91 Å². The fraction of sp³-hybridized carbons (Fsp3) is 0.811. The number of aliphatic carboxylic acids is 1. The van der Waals surface area contributed by atoms with Crippen LogP contribution >= 0.6 is 0 Å². The number of nitrogens with zero attached hydrogens (tertiary/aromatic N) is 1. The fourth-order valence-electron chi connectivity index (χ4n) is 10.8. The highest BCUT2D eigenvalue weighted by Gasteiger charge is 2.70. The zero-order valence-corrected chi connectivity index (χ0v) is 29.7. The number of rotatable bonds is 15. The number of carboxylic acids is 1. The molecule has 50 heavy (non-hydrogen) atoms. The summed E-state index contributed by atoms with van der Waals surface area (Å²) in [4.78, 5) is 52.2. The van der Waals surface area contributed by atoms with E-state index in [0.29, 0.717) is 51.0 Å². The number of nitrogens with two attached hydrogens (primary N) is 2. The Morgan fingerprint density at radius 1 is 1.06 bits per heavy atom.